The van der Waals surface area contributed by atoms with Crippen LogP contribution in [0.2, 0.25) is 0 Å². The monoisotopic (exact) mass is 454 g/mol. The first-order chi connectivity index (χ1) is 12.8. The Hall–Kier alpha value is -1.77. The number of rotatable bonds is 4. The van der Waals surface area contributed by atoms with Crippen LogP contribution >= 0.6 is 15.9 Å². The van der Waals surface area contributed by atoms with Crippen molar-refractivity contribution in [2.24, 2.45) is 5.92 Å². The molecule has 0 aliphatic carbocycles. The van der Waals surface area contributed by atoms with E-state index in [0.29, 0.717) is 25.1 Å². The van der Waals surface area contributed by atoms with Gasteiger partial charge in [0.1, 0.15) is 5.82 Å². The van der Waals surface area contributed by atoms with Crippen LogP contribution in [0.15, 0.2) is 51.8 Å². The third kappa shape index (κ3) is 4.56. The summed E-state index contributed by atoms with van der Waals surface area (Å²) >= 11 is 3.38. The normalized spacial score (nSPS) is 18.3. The van der Waals surface area contributed by atoms with E-state index in [4.69, 9.17) is 0 Å². The molecule has 5 nitrogen and oxygen atoms in total. The van der Waals surface area contributed by atoms with E-state index >= 15 is 0 Å². The highest BCUT2D eigenvalue weighted by Gasteiger charge is 2.33. The van der Waals surface area contributed by atoms with Gasteiger partial charge in [0.25, 0.3) is 0 Å². The van der Waals surface area contributed by atoms with Crippen LogP contribution < -0.4 is 5.32 Å². The van der Waals surface area contributed by atoms with E-state index in [9.17, 15) is 17.6 Å². The van der Waals surface area contributed by atoms with Crippen LogP contribution in [0.3, 0.4) is 0 Å². The Bertz CT molecular complexity index is 948. The molecule has 27 heavy (non-hydrogen) atoms. The van der Waals surface area contributed by atoms with Gasteiger partial charge in [0, 0.05) is 23.2 Å². The third-order valence-corrected chi connectivity index (χ3v) is 7.04. The fraction of sp³-hybridized carbons (Fsp3) is 0.316. The fourth-order valence-corrected chi connectivity index (χ4v) is 4.98. The number of hydrogen-bond acceptors (Lipinski definition) is 3. The maximum atomic E-state index is 13.1. The Labute approximate surface area is 166 Å². The lowest BCUT2D eigenvalue weighted by Gasteiger charge is -2.31. The highest BCUT2D eigenvalue weighted by atomic mass is 79.9. The largest absolute Gasteiger partial charge is 0.326 e. The minimum atomic E-state index is -3.75. The van der Waals surface area contributed by atoms with Gasteiger partial charge in [-0.3, -0.25) is 4.79 Å². The standard InChI is InChI=1S/C19H20BrFN2O3S/c1-13-4-5-15(20)11-18(13)22-19(24)14-3-2-10-23(12-14)27(25,26)17-8-6-16(21)7-9-17/h4-9,11,14H,2-3,10,12H2,1H3,(H,22,24). The minimum absolute atomic E-state index is 0.0350. The topological polar surface area (TPSA) is 66.5 Å². The molecule has 8 heteroatoms. The lowest BCUT2D eigenvalue weighted by atomic mass is 9.98. The highest BCUT2D eigenvalue weighted by molar-refractivity contribution is 9.10. The van der Waals surface area contributed by atoms with Crippen LogP contribution in [-0.4, -0.2) is 31.7 Å². The Morgan fingerprint density at radius 2 is 1.93 bits per heavy atom. The maximum Gasteiger partial charge on any atom is 0.243 e. The van der Waals surface area contributed by atoms with Gasteiger partial charge < -0.3 is 5.32 Å². The summed E-state index contributed by atoms with van der Waals surface area (Å²) in [6, 6.07) is 10.4. The molecule has 0 saturated carbocycles. The quantitative estimate of drug-likeness (QED) is 0.760. The van der Waals surface area contributed by atoms with Gasteiger partial charge >= 0.3 is 0 Å². The molecule has 3 rings (SSSR count). The van der Waals surface area contributed by atoms with Gasteiger partial charge in [-0.2, -0.15) is 4.31 Å². The Kier molecular flexibility index (Phi) is 5.98. The molecule has 1 fully saturated rings. The van der Waals surface area contributed by atoms with Gasteiger partial charge in [0.05, 0.1) is 10.8 Å². The summed E-state index contributed by atoms with van der Waals surface area (Å²) in [6.07, 6.45) is 1.21. The predicted molar refractivity (Wildman–Crippen MR) is 105 cm³/mol. The molecule has 1 unspecified atom stereocenters. The summed E-state index contributed by atoms with van der Waals surface area (Å²) in [5, 5.41) is 2.90. The van der Waals surface area contributed by atoms with Gasteiger partial charge in [-0.1, -0.05) is 22.0 Å². The number of carbonyl (C=O) groups is 1. The first-order valence-corrected chi connectivity index (χ1v) is 10.8. The van der Waals surface area contributed by atoms with Gasteiger partial charge in [-0.25, -0.2) is 12.8 Å². The van der Waals surface area contributed by atoms with Crippen LogP contribution in [0.1, 0.15) is 18.4 Å². The van der Waals surface area contributed by atoms with Crippen molar-refractivity contribution in [2.45, 2.75) is 24.7 Å². The zero-order valence-electron chi connectivity index (χ0n) is 14.8. The number of halogens is 2. The SMILES string of the molecule is Cc1ccc(Br)cc1NC(=O)C1CCCN(S(=O)(=O)c2ccc(F)cc2)C1. The highest BCUT2D eigenvalue weighted by Crippen LogP contribution is 2.26. The number of carbonyl (C=O) groups excluding carboxylic acids is 1. The first-order valence-electron chi connectivity index (χ1n) is 8.60. The van der Waals surface area contributed by atoms with Crippen molar-refractivity contribution in [2.75, 3.05) is 18.4 Å². The Balaban J connectivity index is 1.74. The van der Waals surface area contributed by atoms with Gasteiger partial charge in [0.2, 0.25) is 15.9 Å². The van der Waals surface area contributed by atoms with E-state index < -0.39 is 21.8 Å². The van der Waals surface area contributed by atoms with Gasteiger partial charge in [-0.15, -0.1) is 0 Å². The number of amides is 1. The van der Waals surface area contributed by atoms with E-state index in [0.717, 1.165) is 22.2 Å². The molecule has 1 heterocycles. The number of aryl methyl sites for hydroxylation is 1. The van der Waals surface area contributed by atoms with Crippen LogP contribution in [-0.2, 0) is 14.8 Å². The summed E-state index contributed by atoms with van der Waals surface area (Å²) in [5.74, 6) is -1.13. The molecule has 1 aliphatic rings. The molecule has 1 atom stereocenters. The summed E-state index contributed by atoms with van der Waals surface area (Å²) in [5.41, 5.74) is 1.63. The second-order valence-electron chi connectivity index (χ2n) is 6.60. The van der Waals surface area contributed by atoms with Crippen LogP contribution in [0, 0.1) is 18.7 Å². The number of sulfonamides is 1. The zero-order chi connectivity index (χ0) is 19.6. The Morgan fingerprint density at radius 1 is 1.22 bits per heavy atom. The smallest absolute Gasteiger partial charge is 0.243 e. The molecule has 144 valence electrons. The van der Waals surface area contributed by atoms with E-state index in [1.54, 1.807) is 0 Å². The average molecular weight is 455 g/mol. The third-order valence-electron chi connectivity index (χ3n) is 4.66. The van der Waals surface area contributed by atoms with Crippen molar-refractivity contribution in [3.63, 3.8) is 0 Å². The summed E-state index contributed by atoms with van der Waals surface area (Å²) in [6.45, 7) is 2.35. The number of benzene rings is 2. The molecular weight excluding hydrogens is 435 g/mol. The summed E-state index contributed by atoms with van der Waals surface area (Å²) < 4.78 is 40.8. The first kappa shape index (κ1) is 20.0. The minimum Gasteiger partial charge on any atom is -0.326 e. The molecule has 2 aromatic carbocycles. The molecule has 2 aromatic rings. The van der Waals surface area contributed by atoms with E-state index in [1.165, 1.54) is 16.4 Å². The number of piperidine rings is 1. The van der Waals surface area contributed by atoms with Crippen LogP contribution in [0.5, 0.6) is 0 Å². The van der Waals surface area contributed by atoms with E-state index in [2.05, 4.69) is 21.2 Å². The molecule has 0 bridgehead atoms. The van der Waals surface area contributed by atoms with Crippen molar-refractivity contribution in [3.05, 3.63) is 58.3 Å². The fourth-order valence-electron chi connectivity index (χ4n) is 3.09. The van der Waals surface area contributed by atoms with E-state index in [1.807, 2.05) is 25.1 Å². The molecule has 0 radical (unpaired) electrons. The number of anilines is 1. The number of nitrogens with zero attached hydrogens (tertiary/aromatic N) is 1. The zero-order valence-corrected chi connectivity index (χ0v) is 17.2. The number of hydrogen-bond donors (Lipinski definition) is 1. The molecular formula is C19H20BrFN2O3S. The second kappa shape index (κ2) is 8.08. The van der Waals surface area contributed by atoms with Crippen molar-refractivity contribution in [1.82, 2.24) is 4.31 Å². The van der Waals surface area contributed by atoms with Crippen molar-refractivity contribution in [1.29, 1.82) is 0 Å². The maximum absolute atomic E-state index is 13.1. The lowest BCUT2D eigenvalue weighted by molar-refractivity contribution is -0.120. The predicted octanol–water partition coefficient (Wildman–Crippen LogP) is 3.94. The van der Waals surface area contributed by atoms with Crippen molar-refractivity contribution < 1.29 is 17.6 Å². The lowest BCUT2D eigenvalue weighted by Crippen LogP contribution is -2.43. The summed E-state index contributed by atoms with van der Waals surface area (Å²) in [7, 11) is -3.75. The molecule has 1 amide bonds. The molecule has 1 aliphatic heterocycles. The van der Waals surface area contributed by atoms with Crippen molar-refractivity contribution in [3.8, 4) is 0 Å². The molecule has 1 N–H and O–H groups in total. The second-order valence-corrected chi connectivity index (χ2v) is 9.46. The summed E-state index contributed by atoms with van der Waals surface area (Å²) in [4.78, 5) is 12.7. The van der Waals surface area contributed by atoms with E-state index in [-0.39, 0.29) is 17.3 Å². The van der Waals surface area contributed by atoms with Crippen LogP contribution in [0.4, 0.5) is 10.1 Å². The van der Waals surface area contributed by atoms with Gasteiger partial charge in [0.15, 0.2) is 0 Å². The molecule has 0 aromatic heterocycles. The Morgan fingerprint density at radius 3 is 2.63 bits per heavy atom. The number of nitrogens with one attached hydrogen (secondary N) is 1. The van der Waals surface area contributed by atoms with Gasteiger partial charge in [-0.05, 0) is 61.7 Å². The molecule has 0 spiro atoms. The molecule has 1 saturated heterocycles. The van der Waals surface area contributed by atoms with Crippen molar-refractivity contribution >= 4 is 37.5 Å². The average Bonchev–Trinajstić information content (AvgIpc) is 2.65. The van der Waals surface area contributed by atoms with Crippen LogP contribution in [0.25, 0.3) is 0 Å².